The quantitative estimate of drug-likeness (QED) is 0.461. The van der Waals surface area contributed by atoms with E-state index in [4.69, 9.17) is 0 Å². The minimum atomic E-state index is -3.74. The summed E-state index contributed by atoms with van der Waals surface area (Å²) in [6.45, 7) is 6.85. The molecule has 172 valence electrons. The molecule has 4 aromatic rings. The van der Waals surface area contributed by atoms with Crippen LogP contribution in [0.3, 0.4) is 0 Å². The molecule has 2 aromatic heterocycles. The van der Waals surface area contributed by atoms with Gasteiger partial charge >= 0.3 is 0 Å². The van der Waals surface area contributed by atoms with Crippen LogP contribution in [0.5, 0.6) is 0 Å². The number of halogens is 3. The maximum Gasteiger partial charge on any atom is 0.236 e. The first-order chi connectivity index (χ1) is 15.3. The van der Waals surface area contributed by atoms with Crippen molar-refractivity contribution >= 4 is 26.6 Å². The lowest BCUT2D eigenvalue weighted by Crippen LogP contribution is -2.40. The van der Waals surface area contributed by atoms with Gasteiger partial charge in [-0.15, -0.1) is 5.10 Å². The molecule has 1 aliphatic rings. The van der Waals surface area contributed by atoms with E-state index in [1.165, 1.54) is 12.3 Å². The first-order valence-corrected chi connectivity index (χ1v) is 11.9. The van der Waals surface area contributed by atoms with Crippen LogP contribution < -0.4 is 5.32 Å². The van der Waals surface area contributed by atoms with Crippen molar-refractivity contribution in [1.29, 1.82) is 0 Å². The van der Waals surface area contributed by atoms with Crippen molar-refractivity contribution in [2.24, 2.45) is 0 Å². The van der Waals surface area contributed by atoms with E-state index in [1.54, 1.807) is 32.4 Å². The number of aryl methyl sites for hydroxylation is 1. The fourth-order valence-corrected chi connectivity index (χ4v) is 5.40. The monoisotopic (exact) mass is 475 g/mol. The Balaban J connectivity index is 1.91. The van der Waals surface area contributed by atoms with E-state index >= 15 is 8.78 Å². The van der Waals surface area contributed by atoms with Gasteiger partial charge in [0.1, 0.15) is 11.5 Å². The molecule has 5 rings (SSSR count). The van der Waals surface area contributed by atoms with Crippen LogP contribution in [0.2, 0.25) is 0 Å². The number of nitrogens with one attached hydrogen (secondary N) is 1. The highest BCUT2D eigenvalue weighted by Crippen LogP contribution is 2.48. The number of hydrogen-bond donors (Lipinski definition) is 1. The third-order valence-electron chi connectivity index (χ3n) is 6.03. The summed E-state index contributed by atoms with van der Waals surface area (Å²) in [7, 11) is -3.74. The summed E-state index contributed by atoms with van der Waals surface area (Å²) < 4.78 is 72.5. The SMILES string of the molecule is Cc1nnn2c1-c1c(C)c(-c3cc(F)cc4c3ccn4S(C)(=O)=O)c(F)c(F)c1NC2(C)C. The number of anilines is 1. The highest BCUT2D eigenvalue weighted by atomic mass is 32.2. The average molecular weight is 475 g/mol. The number of aromatic nitrogens is 4. The maximum absolute atomic E-state index is 15.6. The maximum atomic E-state index is 15.6. The second kappa shape index (κ2) is 6.60. The van der Waals surface area contributed by atoms with E-state index in [-0.39, 0.29) is 27.7 Å². The van der Waals surface area contributed by atoms with E-state index in [2.05, 4.69) is 15.6 Å². The molecule has 7 nitrogen and oxygen atoms in total. The molecule has 0 spiro atoms. The Hall–Kier alpha value is -3.34. The minimum absolute atomic E-state index is 0.0296. The van der Waals surface area contributed by atoms with Crippen molar-refractivity contribution < 1.29 is 21.6 Å². The fraction of sp³-hybridized carbons (Fsp3) is 0.273. The summed E-state index contributed by atoms with van der Waals surface area (Å²) in [5.74, 6) is -3.06. The Morgan fingerprint density at radius 1 is 1.06 bits per heavy atom. The van der Waals surface area contributed by atoms with Crippen LogP contribution >= 0.6 is 0 Å². The molecule has 3 heterocycles. The lowest BCUT2D eigenvalue weighted by molar-refractivity contribution is 0.356. The molecule has 33 heavy (non-hydrogen) atoms. The van der Waals surface area contributed by atoms with E-state index < -0.39 is 33.1 Å². The Kier molecular flexibility index (Phi) is 4.30. The van der Waals surface area contributed by atoms with Gasteiger partial charge in [-0.3, -0.25) is 0 Å². The largest absolute Gasteiger partial charge is 0.359 e. The predicted octanol–water partition coefficient (Wildman–Crippen LogP) is 4.53. The number of fused-ring (bicyclic) bond motifs is 4. The third-order valence-corrected chi connectivity index (χ3v) is 7.06. The molecule has 0 unspecified atom stereocenters. The fourth-order valence-electron chi connectivity index (χ4n) is 4.61. The molecule has 0 aliphatic carbocycles. The Bertz CT molecular complexity index is 1600. The van der Waals surface area contributed by atoms with E-state index in [9.17, 15) is 12.8 Å². The number of benzene rings is 2. The minimum Gasteiger partial charge on any atom is -0.359 e. The van der Waals surface area contributed by atoms with Gasteiger partial charge in [-0.05, 0) is 57.0 Å². The average Bonchev–Trinajstić information content (AvgIpc) is 3.30. The van der Waals surface area contributed by atoms with E-state index in [1.807, 2.05) is 0 Å². The molecule has 2 aromatic carbocycles. The van der Waals surface area contributed by atoms with Crippen LogP contribution in [-0.2, 0) is 15.7 Å². The van der Waals surface area contributed by atoms with Gasteiger partial charge in [0.05, 0.1) is 28.8 Å². The number of nitrogens with zero attached hydrogens (tertiary/aromatic N) is 4. The molecule has 0 fully saturated rings. The molecule has 1 aliphatic heterocycles. The van der Waals surface area contributed by atoms with Gasteiger partial charge < -0.3 is 5.32 Å². The van der Waals surface area contributed by atoms with Gasteiger partial charge in [-0.2, -0.15) is 0 Å². The van der Waals surface area contributed by atoms with Crippen LogP contribution in [0.15, 0.2) is 24.4 Å². The summed E-state index contributed by atoms with van der Waals surface area (Å²) in [5, 5.41) is 11.5. The Morgan fingerprint density at radius 2 is 1.76 bits per heavy atom. The van der Waals surface area contributed by atoms with E-state index in [0.29, 0.717) is 22.5 Å². The summed E-state index contributed by atoms with van der Waals surface area (Å²) in [6, 6.07) is 3.57. The van der Waals surface area contributed by atoms with E-state index in [0.717, 1.165) is 22.4 Å². The standard InChI is InChI=1S/C22H20F3N5O2S/c1-10-16(14-8-12(23)9-15-13(14)6-7-29(15)33(5,31)32)18(24)19(25)20-17(10)21-11(2)27-28-30(21)22(3,4)26-20/h6-9,26H,1-5H3. The summed E-state index contributed by atoms with van der Waals surface area (Å²) >= 11 is 0. The van der Waals surface area contributed by atoms with Crippen LogP contribution in [0.4, 0.5) is 18.9 Å². The van der Waals surface area contributed by atoms with Crippen LogP contribution in [0, 0.1) is 31.3 Å². The molecular formula is C22H20F3N5O2S. The van der Waals surface area contributed by atoms with Gasteiger partial charge in [-0.1, -0.05) is 5.21 Å². The van der Waals surface area contributed by atoms with Crippen molar-refractivity contribution in [2.75, 3.05) is 11.6 Å². The molecule has 0 bridgehead atoms. The molecule has 0 saturated carbocycles. The van der Waals surface area contributed by atoms with Crippen molar-refractivity contribution in [1.82, 2.24) is 19.0 Å². The number of rotatable bonds is 2. The zero-order valence-electron chi connectivity index (χ0n) is 18.5. The van der Waals surface area contributed by atoms with Crippen LogP contribution in [-0.4, -0.2) is 33.6 Å². The molecule has 0 atom stereocenters. The molecule has 1 N–H and O–H groups in total. The lowest BCUT2D eigenvalue weighted by atomic mass is 9.88. The van der Waals surface area contributed by atoms with Gasteiger partial charge in [-0.25, -0.2) is 30.2 Å². The highest BCUT2D eigenvalue weighted by molar-refractivity contribution is 7.89. The Morgan fingerprint density at radius 3 is 2.42 bits per heavy atom. The highest BCUT2D eigenvalue weighted by Gasteiger charge is 2.38. The van der Waals surface area contributed by atoms with Crippen LogP contribution in [0.25, 0.3) is 33.3 Å². The van der Waals surface area contributed by atoms with Crippen molar-refractivity contribution in [3.05, 3.63) is 53.1 Å². The van der Waals surface area contributed by atoms with Crippen LogP contribution in [0.1, 0.15) is 25.1 Å². The molecular weight excluding hydrogens is 455 g/mol. The number of hydrogen-bond acceptors (Lipinski definition) is 5. The molecule has 0 saturated heterocycles. The third kappa shape index (κ3) is 2.91. The normalized spacial score (nSPS) is 14.8. The van der Waals surface area contributed by atoms with Gasteiger partial charge in [0.25, 0.3) is 0 Å². The van der Waals surface area contributed by atoms with Gasteiger partial charge in [0.15, 0.2) is 11.6 Å². The first-order valence-electron chi connectivity index (χ1n) is 10.1. The summed E-state index contributed by atoms with van der Waals surface area (Å²) in [6.07, 6.45) is 2.24. The molecule has 11 heteroatoms. The lowest BCUT2D eigenvalue weighted by Gasteiger charge is -2.36. The van der Waals surface area contributed by atoms with Gasteiger partial charge in [0, 0.05) is 22.7 Å². The predicted molar refractivity (Wildman–Crippen MR) is 119 cm³/mol. The first kappa shape index (κ1) is 21.5. The zero-order valence-corrected chi connectivity index (χ0v) is 19.3. The second-order valence-electron chi connectivity index (χ2n) is 8.76. The molecule has 0 radical (unpaired) electrons. The Labute approximate surface area is 187 Å². The zero-order chi connectivity index (χ0) is 24.0. The summed E-state index contributed by atoms with van der Waals surface area (Å²) in [5.41, 5.74) is 0.782. The second-order valence-corrected chi connectivity index (χ2v) is 10.6. The smallest absolute Gasteiger partial charge is 0.236 e. The van der Waals surface area contributed by atoms with Crippen molar-refractivity contribution in [2.45, 2.75) is 33.4 Å². The molecule has 0 amide bonds. The van der Waals surface area contributed by atoms with Gasteiger partial charge in [0.2, 0.25) is 10.0 Å². The summed E-state index contributed by atoms with van der Waals surface area (Å²) in [4.78, 5) is 0. The van der Waals surface area contributed by atoms with Crippen molar-refractivity contribution in [3.63, 3.8) is 0 Å². The van der Waals surface area contributed by atoms with Crippen molar-refractivity contribution in [3.8, 4) is 22.4 Å². The topological polar surface area (TPSA) is 81.8 Å².